The molecule has 170 valence electrons. The van der Waals surface area contributed by atoms with Crippen molar-refractivity contribution in [2.24, 2.45) is 17.3 Å². The molecule has 4 nitrogen and oxygen atoms in total. The van der Waals surface area contributed by atoms with Crippen molar-refractivity contribution in [3.05, 3.63) is 30.3 Å². The van der Waals surface area contributed by atoms with Gasteiger partial charge in [0.2, 0.25) is 0 Å². The number of rotatable bonds is 4. The second-order valence-electron chi connectivity index (χ2n) is 9.38. The molecule has 8 heteroatoms. The van der Waals surface area contributed by atoms with E-state index in [0.717, 1.165) is 36.6 Å². The summed E-state index contributed by atoms with van der Waals surface area (Å²) in [5.41, 5.74) is -0.248. The first kappa shape index (κ1) is 21.7. The van der Waals surface area contributed by atoms with Crippen LogP contribution in [-0.4, -0.2) is 52.2 Å². The summed E-state index contributed by atoms with van der Waals surface area (Å²) in [6, 6.07) is 9.98. The van der Waals surface area contributed by atoms with E-state index in [2.05, 4.69) is 0 Å². The van der Waals surface area contributed by atoms with Gasteiger partial charge in [0.25, 0.3) is 0 Å². The van der Waals surface area contributed by atoms with Crippen molar-refractivity contribution >= 4 is 25.4 Å². The molecule has 0 radical (unpaired) electrons. The number of esters is 1. The molecule has 5 atom stereocenters. The number of carbonyl (C=O) groups excluding carboxylic acids is 1. The van der Waals surface area contributed by atoms with E-state index in [-0.39, 0.29) is 32.2 Å². The molecule has 1 aliphatic heterocycles. The van der Waals surface area contributed by atoms with Gasteiger partial charge in [-0.15, -0.1) is 0 Å². The molecule has 4 aliphatic rings. The van der Waals surface area contributed by atoms with Crippen LogP contribution in [0.1, 0.15) is 45.4 Å². The van der Waals surface area contributed by atoms with Crippen LogP contribution in [0.25, 0.3) is 0 Å². The minimum absolute atomic E-state index is 0.113. The van der Waals surface area contributed by atoms with E-state index < -0.39 is 28.4 Å². The van der Waals surface area contributed by atoms with Gasteiger partial charge in [-0.1, -0.05) is 0 Å². The molecule has 0 unspecified atom stereocenters. The maximum absolute atomic E-state index is 13.1. The first-order chi connectivity index (χ1) is 14.7. The molecular formula is C23H27F3O4Se. The second-order valence-corrected chi connectivity index (χ2v) is 12.3. The van der Waals surface area contributed by atoms with Crippen molar-refractivity contribution in [1.82, 2.24) is 0 Å². The number of ether oxygens (including phenoxy) is 3. The van der Waals surface area contributed by atoms with Crippen LogP contribution in [0.5, 0.6) is 0 Å². The number of hydrogen-bond acceptors (Lipinski definition) is 4. The Hall–Kier alpha value is -1.08. The summed E-state index contributed by atoms with van der Waals surface area (Å²) in [4.78, 5) is 11.9. The van der Waals surface area contributed by atoms with Crippen LogP contribution in [0.15, 0.2) is 30.3 Å². The Kier molecular flexibility index (Phi) is 5.24. The zero-order valence-corrected chi connectivity index (χ0v) is 19.2. The molecule has 1 aromatic rings. The van der Waals surface area contributed by atoms with Crippen molar-refractivity contribution < 1.29 is 32.2 Å². The van der Waals surface area contributed by atoms with E-state index in [9.17, 15) is 18.0 Å². The standard InChI is InChI=1S/C23H27F3O4Se/c1-20(28-12-13-29-20)21-11-5-6-15(14-21)22(31-16-7-3-2-4-8-16)17(21)9-10-18(22)30-19(27)23(24,25)26/h2-4,7-8,15,17-18H,5-6,9-14H2,1H3/t15-,17-,18-,21-,22-/m0/s1. The molecule has 3 saturated carbocycles. The Morgan fingerprint density at radius 2 is 1.84 bits per heavy atom. The van der Waals surface area contributed by atoms with Crippen LogP contribution in [0, 0.1) is 17.3 Å². The Labute approximate surface area is 186 Å². The van der Waals surface area contributed by atoms with Gasteiger partial charge in [0.1, 0.15) is 0 Å². The molecule has 0 N–H and O–H groups in total. The quantitative estimate of drug-likeness (QED) is 0.460. The van der Waals surface area contributed by atoms with Crippen molar-refractivity contribution in [1.29, 1.82) is 0 Å². The van der Waals surface area contributed by atoms with Crippen LogP contribution in [0.3, 0.4) is 0 Å². The first-order valence-corrected chi connectivity index (χ1v) is 12.7. The second kappa shape index (κ2) is 7.47. The zero-order valence-electron chi connectivity index (χ0n) is 17.5. The molecule has 0 aromatic heterocycles. The van der Waals surface area contributed by atoms with E-state index in [1.165, 1.54) is 0 Å². The SMILES string of the molecule is CC1([C@@]23CCC[C@@H](C2)[C@@]2([Se]c4ccccc4)[C@@H](OC(=O)C(F)(F)F)CC[C@H]23)OCCO1. The first-order valence-electron chi connectivity index (χ1n) is 11.0. The third kappa shape index (κ3) is 3.20. The fourth-order valence-electron chi connectivity index (χ4n) is 7.05. The minimum atomic E-state index is -4.98. The van der Waals surface area contributed by atoms with Crippen LogP contribution in [0.4, 0.5) is 13.2 Å². The molecule has 3 aliphatic carbocycles. The topological polar surface area (TPSA) is 44.8 Å². The molecule has 0 amide bonds. The number of alkyl halides is 3. The predicted molar refractivity (Wildman–Crippen MR) is 108 cm³/mol. The van der Waals surface area contributed by atoms with Crippen LogP contribution in [-0.2, 0) is 19.0 Å². The molecule has 0 spiro atoms. The zero-order chi connectivity index (χ0) is 21.9. The molecule has 1 aromatic carbocycles. The number of hydrogen-bond donors (Lipinski definition) is 0. The van der Waals surface area contributed by atoms with Crippen molar-refractivity contribution in [2.75, 3.05) is 13.2 Å². The molecule has 5 rings (SSSR count). The van der Waals surface area contributed by atoms with E-state index in [1.807, 2.05) is 37.3 Å². The Morgan fingerprint density at radius 3 is 2.52 bits per heavy atom. The number of halogens is 3. The van der Waals surface area contributed by atoms with Gasteiger partial charge in [0.05, 0.1) is 0 Å². The molecule has 31 heavy (non-hydrogen) atoms. The van der Waals surface area contributed by atoms with Gasteiger partial charge in [-0.25, -0.2) is 0 Å². The van der Waals surface area contributed by atoms with Crippen LogP contribution < -0.4 is 4.46 Å². The summed E-state index contributed by atoms with van der Waals surface area (Å²) >= 11 is -0.141. The van der Waals surface area contributed by atoms with Gasteiger partial charge in [0.15, 0.2) is 0 Å². The number of carbonyl (C=O) groups is 1. The van der Waals surface area contributed by atoms with Gasteiger partial charge >= 0.3 is 186 Å². The summed E-state index contributed by atoms with van der Waals surface area (Å²) in [6.07, 6.45) is -0.743. The summed E-state index contributed by atoms with van der Waals surface area (Å²) in [5, 5.41) is 0. The average molecular weight is 503 g/mol. The maximum atomic E-state index is 13.1. The Morgan fingerprint density at radius 1 is 1.13 bits per heavy atom. The third-order valence-electron chi connectivity index (χ3n) is 8.12. The fourth-order valence-corrected chi connectivity index (χ4v) is 10.9. The third-order valence-corrected chi connectivity index (χ3v) is 11.8. The normalized spacial score (nSPS) is 38.8. The summed E-state index contributed by atoms with van der Waals surface area (Å²) in [5.74, 6) is -2.48. The molecule has 2 bridgehead atoms. The van der Waals surface area contributed by atoms with Crippen LogP contribution >= 0.6 is 0 Å². The Bertz CT molecular complexity index is 841. The monoisotopic (exact) mass is 504 g/mol. The van der Waals surface area contributed by atoms with Crippen molar-refractivity contribution in [3.63, 3.8) is 0 Å². The number of fused-ring (bicyclic) bond motifs is 5. The van der Waals surface area contributed by atoms with E-state index >= 15 is 0 Å². The average Bonchev–Trinajstić information content (AvgIpc) is 3.38. The van der Waals surface area contributed by atoms with Gasteiger partial charge in [-0.3, -0.25) is 0 Å². The summed E-state index contributed by atoms with van der Waals surface area (Å²) in [6.45, 7) is 3.10. The molecule has 4 fully saturated rings. The van der Waals surface area contributed by atoms with Gasteiger partial charge in [-0.05, 0) is 0 Å². The summed E-state index contributed by atoms with van der Waals surface area (Å²) < 4.78 is 57.7. The predicted octanol–water partition coefficient (Wildman–Crippen LogP) is 4.01. The van der Waals surface area contributed by atoms with Crippen molar-refractivity contribution in [3.8, 4) is 0 Å². The molecule has 1 saturated heterocycles. The fraction of sp³-hybridized carbons (Fsp3) is 0.696. The van der Waals surface area contributed by atoms with Crippen molar-refractivity contribution in [2.45, 2.75) is 67.8 Å². The number of benzene rings is 1. The van der Waals surface area contributed by atoms with Gasteiger partial charge in [0, 0.05) is 0 Å². The molecular weight excluding hydrogens is 476 g/mol. The van der Waals surface area contributed by atoms with E-state index in [0.29, 0.717) is 19.6 Å². The molecule has 1 heterocycles. The Balaban J connectivity index is 1.58. The van der Waals surface area contributed by atoms with Gasteiger partial charge < -0.3 is 0 Å². The van der Waals surface area contributed by atoms with E-state index in [1.54, 1.807) is 0 Å². The summed E-state index contributed by atoms with van der Waals surface area (Å²) in [7, 11) is 0. The van der Waals surface area contributed by atoms with Crippen LogP contribution in [0.2, 0.25) is 4.31 Å². The van der Waals surface area contributed by atoms with E-state index in [4.69, 9.17) is 14.2 Å². The van der Waals surface area contributed by atoms with Gasteiger partial charge in [-0.2, -0.15) is 0 Å².